The molecule has 3 N–H and O–H groups in total. The van der Waals surface area contributed by atoms with Crippen LogP contribution >= 0.6 is 0 Å². The quantitative estimate of drug-likeness (QED) is 0.696. The Hall–Kier alpha value is -1.36. The zero-order valence-corrected chi connectivity index (χ0v) is 7.82. The van der Waals surface area contributed by atoms with E-state index in [0.717, 1.165) is 0 Å². The number of nitrogens with zero attached hydrogens (tertiary/aromatic N) is 2. The van der Waals surface area contributed by atoms with E-state index >= 15 is 0 Å². The van der Waals surface area contributed by atoms with E-state index in [4.69, 9.17) is 5.73 Å². The highest BCUT2D eigenvalue weighted by atomic mass is 16.2. The van der Waals surface area contributed by atoms with E-state index in [1.165, 1.54) is 0 Å². The van der Waals surface area contributed by atoms with Crippen molar-refractivity contribution in [3.8, 4) is 0 Å². The number of hydrogen-bond acceptors (Lipinski definition) is 3. The molecule has 1 aromatic rings. The molecule has 0 aliphatic carbocycles. The van der Waals surface area contributed by atoms with Gasteiger partial charge in [0.25, 0.3) is 0 Å². The minimum atomic E-state index is -0.444. The summed E-state index contributed by atoms with van der Waals surface area (Å²) in [6.45, 7) is 1.87. The van der Waals surface area contributed by atoms with Crippen molar-refractivity contribution in [1.29, 1.82) is 0 Å². The summed E-state index contributed by atoms with van der Waals surface area (Å²) in [6.07, 6.45) is 3.94. The third-order valence-electron chi connectivity index (χ3n) is 1.75. The molecular formula is C8H14N4O. The van der Waals surface area contributed by atoms with Crippen LogP contribution in [-0.4, -0.2) is 21.7 Å². The van der Waals surface area contributed by atoms with Gasteiger partial charge >= 0.3 is 0 Å². The Balaban J connectivity index is 2.54. The topological polar surface area (TPSA) is 72.9 Å². The van der Waals surface area contributed by atoms with Crippen LogP contribution in [0.3, 0.4) is 0 Å². The van der Waals surface area contributed by atoms with E-state index in [9.17, 15) is 4.79 Å². The highest BCUT2D eigenvalue weighted by Gasteiger charge is 2.11. The number of aromatic nitrogens is 2. The molecule has 1 aromatic heterocycles. The summed E-state index contributed by atoms with van der Waals surface area (Å²) in [5.74, 6) is -0.171. The summed E-state index contributed by atoms with van der Waals surface area (Å²) in [7, 11) is 1.79. The van der Waals surface area contributed by atoms with Crippen LogP contribution in [0.25, 0.3) is 0 Å². The second-order valence-electron chi connectivity index (χ2n) is 2.91. The fraction of sp³-hybridized carbons (Fsp3) is 0.500. The van der Waals surface area contributed by atoms with Gasteiger partial charge in [0.05, 0.1) is 17.9 Å². The predicted octanol–water partition coefficient (Wildman–Crippen LogP) is 0.0959. The van der Waals surface area contributed by atoms with E-state index in [1.807, 2.05) is 6.92 Å². The highest BCUT2D eigenvalue weighted by molar-refractivity contribution is 5.94. The number of anilines is 1. The number of carbonyl (C=O) groups excluding carboxylic acids is 1. The second-order valence-corrected chi connectivity index (χ2v) is 2.91. The van der Waals surface area contributed by atoms with Crippen molar-refractivity contribution in [2.24, 2.45) is 12.8 Å². The lowest BCUT2D eigenvalue weighted by molar-refractivity contribution is -0.117. The third kappa shape index (κ3) is 2.55. The number of carbonyl (C=O) groups is 1. The molecule has 5 nitrogen and oxygen atoms in total. The number of hydrogen-bond donors (Lipinski definition) is 2. The smallest absolute Gasteiger partial charge is 0.241 e. The van der Waals surface area contributed by atoms with E-state index in [2.05, 4.69) is 10.4 Å². The van der Waals surface area contributed by atoms with Gasteiger partial charge in [-0.25, -0.2) is 0 Å². The molecule has 0 radical (unpaired) electrons. The normalized spacial score (nSPS) is 12.5. The molecule has 13 heavy (non-hydrogen) atoms. The number of nitrogens with two attached hydrogens (primary N) is 1. The van der Waals surface area contributed by atoms with Crippen LogP contribution in [0.2, 0.25) is 0 Å². The minimum Gasteiger partial charge on any atom is -0.322 e. The van der Waals surface area contributed by atoms with Gasteiger partial charge in [-0.1, -0.05) is 6.92 Å². The van der Waals surface area contributed by atoms with Crippen molar-refractivity contribution in [3.05, 3.63) is 12.4 Å². The Morgan fingerprint density at radius 2 is 2.54 bits per heavy atom. The molecular weight excluding hydrogens is 168 g/mol. The Bertz CT molecular complexity index is 294. The first-order valence-electron chi connectivity index (χ1n) is 4.18. The fourth-order valence-corrected chi connectivity index (χ4v) is 0.906. The van der Waals surface area contributed by atoms with Gasteiger partial charge in [-0.05, 0) is 6.42 Å². The van der Waals surface area contributed by atoms with Crippen LogP contribution in [0.4, 0.5) is 5.69 Å². The maximum absolute atomic E-state index is 11.3. The molecule has 0 saturated carbocycles. The monoisotopic (exact) mass is 182 g/mol. The van der Waals surface area contributed by atoms with Crippen LogP contribution < -0.4 is 11.1 Å². The van der Waals surface area contributed by atoms with Gasteiger partial charge in [-0.15, -0.1) is 0 Å². The zero-order chi connectivity index (χ0) is 9.84. The molecule has 0 aromatic carbocycles. The largest absolute Gasteiger partial charge is 0.322 e. The number of rotatable bonds is 3. The Kier molecular flexibility index (Phi) is 3.02. The van der Waals surface area contributed by atoms with Crippen LogP contribution in [-0.2, 0) is 11.8 Å². The Morgan fingerprint density at radius 1 is 1.85 bits per heavy atom. The Morgan fingerprint density at radius 3 is 3.00 bits per heavy atom. The SMILES string of the molecule is CC[C@H](N)C(=O)Nc1cnn(C)c1. The first kappa shape index (κ1) is 9.73. The maximum Gasteiger partial charge on any atom is 0.241 e. The lowest BCUT2D eigenvalue weighted by Gasteiger charge is -2.07. The maximum atomic E-state index is 11.3. The standard InChI is InChI=1S/C8H14N4O/c1-3-7(9)8(13)11-6-4-10-12(2)5-6/h4-5,7H,3,9H2,1-2H3,(H,11,13)/t7-/m0/s1. The van der Waals surface area contributed by atoms with Crippen LogP contribution in [0.15, 0.2) is 12.4 Å². The van der Waals surface area contributed by atoms with Gasteiger partial charge in [0, 0.05) is 13.2 Å². The first-order chi connectivity index (χ1) is 6.13. The highest BCUT2D eigenvalue weighted by Crippen LogP contribution is 2.03. The van der Waals surface area contributed by atoms with Crippen LogP contribution in [0.1, 0.15) is 13.3 Å². The van der Waals surface area contributed by atoms with Crippen molar-refractivity contribution in [2.75, 3.05) is 5.32 Å². The summed E-state index contributed by atoms with van der Waals surface area (Å²) >= 11 is 0. The molecule has 5 heteroatoms. The first-order valence-corrected chi connectivity index (χ1v) is 4.18. The average Bonchev–Trinajstić information content (AvgIpc) is 2.49. The molecule has 1 rings (SSSR count). The Labute approximate surface area is 76.9 Å². The second kappa shape index (κ2) is 4.04. The van der Waals surface area contributed by atoms with E-state index in [-0.39, 0.29) is 5.91 Å². The minimum absolute atomic E-state index is 0.171. The lowest BCUT2D eigenvalue weighted by Crippen LogP contribution is -2.34. The van der Waals surface area contributed by atoms with Crippen molar-refractivity contribution in [2.45, 2.75) is 19.4 Å². The van der Waals surface area contributed by atoms with Gasteiger partial charge in [0.2, 0.25) is 5.91 Å². The number of nitrogens with one attached hydrogen (secondary N) is 1. The lowest BCUT2D eigenvalue weighted by atomic mass is 10.2. The summed E-state index contributed by atoms with van der Waals surface area (Å²) < 4.78 is 1.62. The molecule has 0 aliphatic heterocycles. The molecule has 72 valence electrons. The summed E-state index contributed by atoms with van der Waals surface area (Å²) in [5, 5.41) is 6.58. The van der Waals surface area contributed by atoms with Crippen molar-refractivity contribution in [1.82, 2.24) is 9.78 Å². The van der Waals surface area contributed by atoms with Gasteiger partial charge < -0.3 is 11.1 Å². The molecule has 1 atom stereocenters. The molecule has 0 unspecified atom stereocenters. The van der Waals surface area contributed by atoms with Crippen molar-refractivity contribution >= 4 is 11.6 Å². The molecule has 0 fully saturated rings. The predicted molar refractivity (Wildman–Crippen MR) is 50.1 cm³/mol. The molecule has 0 aliphatic rings. The molecule has 0 spiro atoms. The summed E-state index contributed by atoms with van der Waals surface area (Å²) in [5.41, 5.74) is 6.21. The van der Waals surface area contributed by atoms with Gasteiger partial charge in [-0.2, -0.15) is 5.10 Å². The van der Waals surface area contributed by atoms with Crippen LogP contribution in [0, 0.1) is 0 Å². The average molecular weight is 182 g/mol. The molecule has 1 heterocycles. The van der Waals surface area contributed by atoms with E-state index < -0.39 is 6.04 Å². The molecule has 1 amide bonds. The third-order valence-corrected chi connectivity index (χ3v) is 1.75. The van der Waals surface area contributed by atoms with Gasteiger partial charge in [0.1, 0.15) is 0 Å². The number of aryl methyl sites for hydroxylation is 1. The molecule has 0 saturated heterocycles. The van der Waals surface area contributed by atoms with Gasteiger partial charge in [-0.3, -0.25) is 9.48 Å². The number of amides is 1. The van der Waals surface area contributed by atoms with Crippen molar-refractivity contribution < 1.29 is 4.79 Å². The molecule has 0 bridgehead atoms. The zero-order valence-electron chi connectivity index (χ0n) is 7.82. The fourth-order valence-electron chi connectivity index (χ4n) is 0.906. The van der Waals surface area contributed by atoms with Crippen molar-refractivity contribution in [3.63, 3.8) is 0 Å². The van der Waals surface area contributed by atoms with E-state index in [1.54, 1.807) is 24.1 Å². The van der Waals surface area contributed by atoms with Gasteiger partial charge in [0.15, 0.2) is 0 Å². The summed E-state index contributed by atoms with van der Waals surface area (Å²) in [6, 6.07) is -0.444. The van der Waals surface area contributed by atoms with E-state index in [0.29, 0.717) is 12.1 Å². The van der Waals surface area contributed by atoms with Crippen LogP contribution in [0.5, 0.6) is 0 Å². The summed E-state index contributed by atoms with van der Waals surface area (Å²) in [4.78, 5) is 11.3.